The van der Waals surface area contributed by atoms with Crippen LogP contribution in [0, 0.1) is 0 Å². The zero-order chi connectivity index (χ0) is 13.7. The van der Waals surface area contributed by atoms with Crippen molar-refractivity contribution in [3.05, 3.63) is 28.7 Å². The van der Waals surface area contributed by atoms with E-state index in [1.165, 1.54) is 0 Å². The number of benzene rings is 1. The number of halogens is 1. The molecule has 1 atom stereocenters. The second-order valence-electron chi connectivity index (χ2n) is 4.71. The lowest BCUT2D eigenvalue weighted by Crippen LogP contribution is -2.48. The van der Waals surface area contributed by atoms with Crippen LogP contribution in [0.5, 0.6) is 5.75 Å². The summed E-state index contributed by atoms with van der Waals surface area (Å²) in [6.45, 7) is 1.72. The van der Waals surface area contributed by atoms with Crippen LogP contribution in [-0.2, 0) is 4.79 Å². The molecule has 1 aromatic rings. The molecule has 0 saturated carbocycles. The van der Waals surface area contributed by atoms with Crippen molar-refractivity contribution in [3.63, 3.8) is 0 Å². The van der Waals surface area contributed by atoms with Crippen LogP contribution in [0.2, 0.25) is 0 Å². The standard InChI is InChI=1S/C14H19BrN2O2/c1-16-12-3-2-8-17(9-12)14(18)10-19-13-6-4-11(15)5-7-13/h4-7,12,16H,2-3,8-10H2,1H3. The van der Waals surface area contributed by atoms with E-state index in [9.17, 15) is 4.79 Å². The van der Waals surface area contributed by atoms with Crippen molar-refractivity contribution in [2.24, 2.45) is 0 Å². The highest BCUT2D eigenvalue weighted by atomic mass is 79.9. The number of ether oxygens (including phenoxy) is 1. The fraction of sp³-hybridized carbons (Fsp3) is 0.500. The van der Waals surface area contributed by atoms with Crippen LogP contribution in [0.25, 0.3) is 0 Å². The molecule has 19 heavy (non-hydrogen) atoms. The molecule has 1 aliphatic rings. The SMILES string of the molecule is CNC1CCCN(C(=O)COc2ccc(Br)cc2)C1. The Kier molecular flexibility index (Phi) is 5.22. The van der Waals surface area contributed by atoms with Crippen molar-refractivity contribution < 1.29 is 9.53 Å². The molecule has 2 rings (SSSR count). The Morgan fingerprint density at radius 3 is 2.89 bits per heavy atom. The van der Waals surface area contributed by atoms with Crippen LogP contribution < -0.4 is 10.1 Å². The average molecular weight is 327 g/mol. The third-order valence-corrected chi connectivity index (χ3v) is 3.89. The van der Waals surface area contributed by atoms with Crippen LogP contribution >= 0.6 is 15.9 Å². The lowest BCUT2D eigenvalue weighted by molar-refractivity contribution is -0.134. The third-order valence-electron chi connectivity index (χ3n) is 3.36. The predicted molar refractivity (Wildman–Crippen MR) is 78.3 cm³/mol. The van der Waals surface area contributed by atoms with Gasteiger partial charge in [0.25, 0.3) is 5.91 Å². The molecular formula is C14H19BrN2O2. The fourth-order valence-electron chi connectivity index (χ4n) is 2.21. The van der Waals surface area contributed by atoms with E-state index in [4.69, 9.17) is 4.74 Å². The molecule has 1 fully saturated rings. The Bertz CT molecular complexity index is 422. The van der Waals surface area contributed by atoms with Gasteiger partial charge in [0.1, 0.15) is 5.75 Å². The molecule has 1 amide bonds. The zero-order valence-electron chi connectivity index (χ0n) is 11.1. The molecule has 1 aromatic carbocycles. The molecule has 0 aliphatic carbocycles. The molecule has 0 spiro atoms. The van der Waals surface area contributed by atoms with Crippen LogP contribution in [0.15, 0.2) is 28.7 Å². The number of carbonyl (C=O) groups excluding carboxylic acids is 1. The minimum atomic E-state index is 0.0582. The first-order valence-corrected chi connectivity index (χ1v) is 7.32. The van der Waals surface area contributed by atoms with Crippen LogP contribution in [0.1, 0.15) is 12.8 Å². The number of nitrogens with zero attached hydrogens (tertiary/aromatic N) is 1. The Hall–Kier alpha value is -1.07. The Labute approximate surface area is 122 Å². The summed E-state index contributed by atoms with van der Waals surface area (Å²) < 4.78 is 6.51. The summed E-state index contributed by atoms with van der Waals surface area (Å²) in [7, 11) is 1.94. The molecule has 0 radical (unpaired) electrons. The van der Waals surface area contributed by atoms with Crippen molar-refractivity contribution in [3.8, 4) is 5.75 Å². The Balaban J connectivity index is 1.82. The van der Waals surface area contributed by atoms with Gasteiger partial charge in [0, 0.05) is 23.6 Å². The molecular weight excluding hydrogens is 308 g/mol. The maximum absolute atomic E-state index is 12.1. The van der Waals surface area contributed by atoms with Crippen molar-refractivity contribution in [1.82, 2.24) is 10.2 Å². The average Bonchev–Trinajstić information content (AvgIpc) is 2.46. The van der Waals surface area contributed by atoms with E-state index in [0.29, 0.717) is 6.04 Å². The molecule has 1 N–H and O–H groups in total. The number of hydrogen-bond donors (Lipinski definition) is 1. The Morgan fingerprint density at radius 2 is 2.21 bits per heavy atom. The molecule has 4 nitrogen and oxygen atoms in total. The van der Waals surface area contributed by atoms with E-state index in [1.54, 1.807) is 0 Å². The van der Waals surface area contributed by atoms with Crippen molar-refractivity contribution >= 4 is 21.8 Å². The lowest BCUT2D eigenvalue weighted by atomic mass is 10.1. The van der Waals surface area contributed by atoms with E-state index >= 15 is 0 Å². The number of piperidine rings is 1. The number of amides is 1. The van der Waals surface area contributed by atoms with E-state index in [-0.39, 0.29) is 12.5 Å². The number of likely N-dealkylation sites (tertiary alicyclic amines) is 1. The van der Waals surface area contributed by atoms with Gasteiger partial charge in [-0.2, -0.15) is 0 Å². The van der Waals surface area contributed by atoms with Gasteiger partial charge in [-0.15, -0.1) is 0 Å². The summed E-state index contributed by atoms with van der Waals surface area (Å²) >= 11 is 3.36. The van der Waals surface area contributed by atoms with Gasteiger partial charge < -0.3 is 15.0 Å². The molecule has 0 bridgehead atoms. The normalized spacial score (nSPS) is 19.3. The Morgan fingerprint density at radius 1 is 1.47 bits per heavy atom. The topological polar surface area (TPSA) is 41.6 Å². The monoisotopic (exact) mass is 326 g/mol. The van der Waals surface area contributed by atoms with E-state index in [0.717, 1.165) is 36.2 Å². The minimum Gasteiger partial charge on any atom is -0.484 e. The van der Waals surface area contributed by atoms with E-state index in [1.807, 2.05) is 36.2 Å². The van der Waals surface area contributed by atoms with Gasteiger partial charge in [0.05, 0.1) is 0 Å². The number of rotatable bonds is 4. The first-order valence-electron chi connectivity index (χ1n) is 6.52. The highest BCUT2D eigenvalue weighted by molar-refractivity contribution is 9.10. The van der Waals surface area contributed by atoms with Gasteiger partial charge >= 0.3 is 0 Å². The summed E-state index contributed by atoms with van der Waals surface area (Å²) in [4.78, 5) is 13.9. The number of nitrogens with one attached hydrogen (secondary N) is 1. The van der Waals surface area contributed by atoms with Gasteiger partial charge in [0.2, 0.25) is 0 Å². The first kappa shape index (κ1) is 14.3. The number of likely N-dealkylation sites (N-methyl/N-ethyl adjacent to an activating group) is 1. The highest BCUT2D eigenvalue weighted by Crippen LogP contribution is 2.16. The molecule has 104 valence electrons. The van der Waals surface area contributed by atoms with Crippen LogP contribution in [0.3, 0.4) is 0 Å². The lowest BCUT2D eigenvalue weighted by Gasteiger charge is -2.32. The maximum Gasteiger partial charge on any atom is 0.260 e. The van der Waals surface area contributed by atoms with Gasteiger partial charge in [-0.25, -0.2) is 0 Å². The second kappa shape index (κ2) is 6.91. The third kappa shape index (κ3) is 4.21. The quantitative estimate of drug-likeness (QED) is 0.920. The van der Waals surface area contributed by atoms with Crippen LogP contribution in [-0.4, -0.2) is 43.6 Å². The molecule has 1 saturated heterocycles. The summed E-state index contributed by atoms with van der Waals surface area (Å²) in [5.41, 5.74) is 0. The zero-order valence-corrected chi connectivity index (χ0v) is 12.6. The van der Waals surface area contributed by atoms with E-state index in [2.05, 4.69) is 21.2 Å². The van der Waals surface area contributed by atoms with Gasteiger partial charge in [0.15, 0.2) is 6.61 Å². The predicted octanol–water partition coefficient (Wildman–Crippen LogP) is 2.04. The van der Waals surface area contributed by atoms with Crippen LogP contribution in [0.4, 0.5) is 0 Å². The minimum absolute atomic E-state index is 0.0582. The van der Waals surface area contributed by atoms with Crippen molar-refractivity contribution in [1.29, 1.82) is 0 Å². The van der Waals surface area contributed by atoms with Gasteiger partial charge in [-0.1, -0.05) is 15.9 Å². The van der Waals surface area contributed by atoms with Crippen molar-refractivity contribution in [2.45, 2.75) is 18.9 Å². The summed E-state index contributed by atoms with van der Waals surface area (Å²) in [5.74, 6) is 0.779. The molecule has 5 heteroatoms. The smallest absolute Gasteiger partial charge is 0.260 e. The highest BCUT2D eigenvalue weighted by Gasteiger charge is 2.22. The number of carbonyl (C=O) groups is 1. The molecule has 0 aromatic heterocycles. The maximum atomic E-state index is 12.1. The number of hydrogen-bond acceptors (Lipinski definition) is 3. The van der Waals surface area contributed by atoms with Gasteiger partial charge in [-0.3, -0.25) is 4.79 Å². The summed E-state index contributed by atoms with van der Waals surface area (Å²) in [6.07, 6.45) is 2.18. The molecule has 1 heterocycles. The summed E-state index contributed by atoms with van der Waals surface area (Å²) in [6, 6.07) is 7.91. The summed E-state index contributed by atoms with van der Waals surface area (Å²) in [5, 5.41) is 3.23. The van der Waals surface area contributed by atoms with Gasteiger partial charge in [-0.05, 0) is 44.2 Å². The van der Waals surface area contributed by atoms with E-state index < -0.39 is 0 Å². The largest absolute Gasteiger partial charge is 0.484 e. The second-order valence-corrected chi connectivity index (χ2v) is 5.63. The molecule has 1 unspecified atom stereocenters. The first-order chi connectivity index (χ1) is 9.19. The molecule has 1 aliphatic heterocycles. The van der Waals surface area contributed by atoms with Crippen molar-refractivity contribution in [2.75, 3.05) is 26.7 Å². The fourth-order valence-corrected chi connectivity index (χ4v) is 2.47.